The molecule has 1 aliphatic carbocycles. The predicted molar refractivity (Wildman–Crippen MR) is 103 cm³/mol. The number of nitrogens with zero attached hydrogens (tertiary/aromatic N) is 3. The fourth-order valence-electron chi connectivity index (χ4n) is 4.52. The van der Waals surface area contributed by atoms with Gasteiger partial charge in [0, 0.05) is 45.3 Å². The zero-order valence-electron chi connectivity index (χ0n) is 16.5. The molecule has 1 N–H and O–H groups in total. The van der Waals surface area contributed by atoms with Crippen LogP contribution in [-0.2, 0) is 17.1 Å². The van der Waals surface area contributed by atoms with Crippen molar-refractivity contribution in [1.29, 1.82) is 0 Å². The SMILES string of the molecule is CCN(CC)S(=O)(=O)c1cc(C(=O)N2CC[C@@]3(O)CCCC[C@@H]3C2)n(C)c1. The van der Waals surface area contributed by atoms with Crippen molar-refractivity contribution in [1.82, 2.24) is 13.8 Å². The fourth-order valence-corrected chi connectivity index (χ4v) is 6.05. The third kappa shape index (κ3) is 3.67. The minimum atomic E-state index is -3.59. The Morgan fingerprint density at radius 2 is 2.00 bits per heavy atom. The van der Waals surface area contributed by atoms with Crippen LogP contribution in [0, 0.1) is 5.92 Å². The number of sulfonamides is 1. The molecule has 2 atom stereocenters. The lowest BCUT2D eigenvalue weighted by molar-refractivity contribution is -0.0887. The summed E-state index contributed by atoms with van der Waals surface area (Å²) in [5.74, 6) is -0.0470. The molecule has 8 heteroatoms. The second-order valence-corrected chi connectivity index (χ2v) is 9.75. The number of hydrogen-bond acceptors (Lipinski definition) is 4. The summed E-state index contributed by atoms with van der Waals surface area (Å²) in [6.07, 6.45) is 6.00. The number of carbonyl (C=O) groups is 1. The minimum absolute atomic E-state index is 0.114. The lowest BCUT2D eigenvalue weighted by atomic mass is 9.71. The maximum Gasteiger partial charge on any atom is 0.270 e. The average Bonchev–Trinajstić information content (AvgIpc) is 3.03. The van der Waals surface area contributed by atoms with Crippen LogP contribution in [-0.4, -0.2) is 65.0 Å². The Hall–Kier alpha value is -1.38. The van der Waals surface area contributed by atoms with E-state index in [2.05, 4.69) is 0 Å². The average molecular weight is 398 g/mol. The highest BCUT2D eigenvalue weighted by atomic mass is 32.2. The first kappa shape index (κ1) is 20.4. The van der Waals surface area contributed by atoms with Crippen LogP contribution in [0.5, 0.6) is 0 Å². The lowest BCUT2D eigenvalue weighted by Crippen LogP contribution is -2.54. The number of carbonyl (C=O) groups excluding carboxylic acids is 1. The van der Waals surface area contributed by atoms with Crippen molar-refractivity contribution in [3.05, 3.63) is 18.0 Å². The van der Waals surface area contributed by atoms with E-state index in [4.69, 9.17) is 0 Å². The Labute approximate surface area is 162 Å². The van der Waals surface area contributed by atoms with Crippen molar-refractivity contribution in [2.75, 3.05) is 26.2 Å². The Morgan fingerprint density at radius 1 is 1.30 bits per heavy atom. The van der Waals surface area contributed by atoms with E-state index >= 15 is 0 Å². The maximum atomic E-state index is 13.1. The second-order valence-electron chi connectivity index (χ2n) is 7.81. The Bertz CT molecular complexity index is 800. The van der Waals surface area contributed by atoms with Gasteiger partial charge in [-0.1, -0.05) is 26.7 Å². The van der Waals surface area contributed by atoms with Crippen LogP contribution in [0.15, 0.2) is 17.2 Å². The van der Waals surface area contributed by atoms with Gasteiger partial charge < -0.3 is 14.6 Å². The zero-order chi connectivity index (χ0) is 19.8. The van der Waals surface area contributed by atoms with Crippen LogP contribution in [0.3, 0.4) is 0 Å². The van der Waals surface area contributed by atoms with Crippen molar-refractivity contribution in [3.63, 3.8) is 0 Å². The third-order valence-electron chi connectivity index (χ3n) is 6.26. The smallest absolute Gasteiger partial charge is 0.270 e. The van der Waals surface area contributed by atoms with E-state index in [1.54, 1.807) is 30.4 Å². The van der Waals surface area contributed by atoms with Gasteiger partial charge in [-0.05, 0) is 25.3 Å². The van der Waals surface area contributed by atoms with Gasteiger partial charge in [-0.2, -0.15) is 4.31 Å². The molecule has 1 saturated carbocycles. The molecule has 2 fully saturated rings. The molecular formula is C19H31N3O4S. The van der Waals surface area contributed by atoms with E-state index in [1.807, 2.05) is 0 Å². The first-order valence-corrected chi connectivity index (χ1v) is 11.3. The van der Waals surface area contributed by atoms with Gasteiger partial charge in [0.1, 0.15) is 10.6 Å². The van der Waals surface area contributed by atoms with Crippen molar-refractivity contribution in [2.24, 2.45) is 13.0 Å². The van der Waals surface area contributed by atoms with Crippen LogP contribution in [0.2, 0.25) is 0 Å². The normalized spacial score (nSPS) is 26.3. The van der Waals surface area contributed by atoms with Crippen molar-refractivity contribution in [3.8, 4) is 0 Å². The molecule has 2 heterocycles. The number of rotatable bonds is 5. The molecule has 0 bridgehead atoms. The van der Waals surface area contributed by atoms with Crippen LogP contribution in [0.4, 0.5) is 0 Å². The predicted octanol–water partition coefficient (Wildman–Crippen LogP) is 1.82. The van der Waals surface area contributed by atoms with Crippen molar-refractivity contribution in [2.45, 2.75) is 56.4 Å². The summed E-state index contributed by atoms with van der Waals surface area (Å²) in [6, 6.07) is 1.48. The Morgan fingerprint density at radius 3 is 2.67 bits per heavy atom. The summed E-state index contributed by atoms with van der Waals surface area (Å²) < 4.78 is 28.5. The Balaban J connectivity index is 1.81. The highest BCUT2D eigenvalue weighted by Gasteiger charge is 2.44. The first-order valence-electron chi connectivity index (χ1n) is 9.91. The summed E-state index contributed by atoms with van der Waals surface area (Å²) in [6.45, 7) is 5.44. The first-order chi connectivity index (χ1) is 12.7. The molecule has 2 aliphatic rings. The molecule has 3 rings (SSSR count). The Kier molecular flexibility index (Phi) is 5.70. The third-order valence-corrected chi connectivity index (χ3v) is 8.27. The molecule has 152 valence electrons. The lowest BCUT2D eigenvalue weighted by Gasteiger charge is -2.47. The number of piperidine rings is 1. The molecule has 0 spiro atoms. The van der Waals surface area contributed by atoms with E-state index in [-0.39, 0.29) is 16.7 Å². The molecule has 0 aromatic carbocycles. The molecule has 27 heavy (non-hydrogen) atoms. The van der Waals surface area contributed by atoms with Crippen molar-refractivity contribution >= 4 is 15.9 Å². The van der Waals surface area contributed by atoms with E-state index in [1.165, 1.54) is 16.6 Å². The van der Waals surface area contributed by atoms with Gasteiger partial charge in [-0.3, -0.25) is 4.79 Å². The number of aryl methyl sites for hydroxylation is 1. The molecule has 1 aliphatic heterocycles. The number of likely N-dealkylation sites (tertiary alicyclic amines) is 1. The standard InChI is InChI=1S/C19H31N3O4S/c1-4-22(5-2)27(25,26)16-12-17(20(3)14-16)18(23)21-11-10-19(24)9-7-6-8-15(19)13-21/h12,14-15,24H,4-11,13H2,1-3H3/t15-,19+/m1/s1. The monoisotopic (exact) mass is 397 g/mol. The van der Waals surface area contributed by atoms with Gasteiger partial charge in [-0.15, -0.1) is 0 Å². The van der Waals surface area contributed by atoms with Gasteiger partial charge in [0.25, 0.3) is 5.91 Å². The van der Waals surface area contributed by atoms with Crippen LogP contribution >= 0.6 is 0 Å². The highest BCUT2D eigenvalue weighted by Crippen LogP contribution is 2.40. The van der Waals surface area contributed by atoms with Crippen LogP contribution in [0.1, 0.15) is 56.4 Å². The van der Waals surface area contributed by atoms with E-state index in [0.29, 0.717) is 38.3 Å². The molecule has 0 unspecified atom stereocenters. The number of fused-ring (bicyclic) bond motifs is 1. The number of hydrogen-bond donors (Lipinski definition) is 1. The summed E-state index contributed by atoms with van der Waals surface area (Å²) in [5, 5.41) is 10.8. The van der Waals surface area contributed by atoms with Gasteiger partial charge >= 0.3 is 0 Å². The molecule has 1 aromatic rings. The molecule has 1 amide bonds. The molecule has 1 aromatic heterocycles. The second kappa shape index (κ2) is 7.56. The van der Waals surface area contributed by atoms with E-state index < -0.39 is 15.6 Å². The maximum absolute atomic E-state index is 13.1. The van der Waals surface area contributed by atoms with Gasteiger partial charge in [0.2, 0.25) is 10.0 Å². The van der Waals surface area contributed by atoms with E-state index in [9.17, 15) is 18.3 Å². The molecular weight excluding hydrogens is 366 g/mol. The van der Waals surface area contributed by atoms with Crippen LogP contribution < -0.4 is 0 Å². The van der Waals surface area contributed by atoms with Crippen LogP contribution in [0.25, 0.3) is 0 Å². The highest BCUT2D eigenvalue weighted by molar-refractivity contribution is 7.89. The minimum Gasteiger partial charge on any atom is -0.389 e. The largest absolute Gasteiger partial charge is 0.389 e. The number of amides is 1. The summed E-state index contributed by atoms with van der Waals surface area (Å²) in [5.41, 5.74) is -0.262. The molecule has 1 saturated heterocycles. The fraction of sp³-hybridized carbons (Fsp3) is 0.737. The van der Waals surface area contributed by atoms with Gasteiger partial charge in [0.15, 0.2) is 0 Å². The molecule has 7 nitrogen and oxygen atoms in total. The number of aromatic nitrogens is 1. The summed E-state index contributed by atoms with van der Waals surface area (Å²) >= 11 is 0. The van der Waals surface area contributed by atoms with Gasteiger partial charge in [-0.25, -0.2) is 8.42 Å². The van der Waals surface area contributed by atoms with E-state index in [0.717, 1.165) is 25.7 Å². The topological polar surface area (TPSA) is 82.8 Å². The van der Waals surface area contributed by atoms with Crippen molar-refractivity contribution < 1.29 is 18.3 Å². The zero-order valence-corrected chi connectivity index (χ0v) is 17.3. The molecule has 0 radical (unpaired) electrons. The quantitative estimate of drug-likeness (QED) is 0.822. The summed E-state index contributed by atoms with van der Waals surface area (Å²) in [4.78, 5) is 15.0. The summed E-state index contributed by atoms with van der Waals surface area (Å²) in [7, 11) is -1.89. The van der Waals surface area contributed by atoms with Gasteiger partial charge in [0.05, 0.1) is 5.60 Å². The number of aliphatic hydroxyl groups is 1.